The van der Waals surface area contributed by atoms with Gasteiger partial charge in [0.05, 0.1) is 12.2 Å². The van der Waals surface area contributed by atoms with Gasteiger partial charge >= 0.3 is 0 Å². The van der Waals surface area contributed by atoms with Crippen LogP contribution >= 0.6 is 35.3 Å². The molecule has 4 nitrogen and oxygen atoms in total. The van der Waals surface area contributed by atoms with Gasteiger partial charge < -0.3 is 10.6 Å². The van der Waals surface area contributed by atoms with E-state index in [1.807, 2.05) is 24.3 Å². The summed E-state index contributed by atoms with van der Waals surface area (Å²) in [5, 5.41) is 9.87. The van der Waals surface area contributed by atoms with E-state index in [4.69, 9.17) is 4.98 Å². The summed E-state index contributed by atoms with van der Waals surface area (Å²) in [5.41, 5.74) is 3.50. The number of halogens is 1. The monoisotopic (exact) mass is 492 g/mol. The molecule has 2 aromatic carbocycles. The van der Waals surface area contributed by atoms with Crippen molar-refractivity contribution in [1.82, 2.24) is 15.6 Å². The molecule has 0 saturated heterocycles. The largest absolute Gasteiger partial charge is 0.356 e. The molecule has 0 spiro atoms. The summed E-state index contributed by atoms with van der Waals surface area (Å²) >= 11 is 1.67. The molecule has 0 amide bonds. The molecule has 6 heteroatoms. The van der Waals surface area contributed by atoms with E-state index in [0.29, 0.717) is 12.5 Å². The number of nitrogens with zero attached hydrogens (tertiary/aromatic N) is 2. The van der Waals surface area contributed by atoms with Gasteiger partial charge in [0.1, 0.15) is 5.01 Å². The first-order chi connectivity index (χ1) is 12.8. The van der Waals surface area contributed by atoms with Crippen LogP contribution in [0.5, 0.6) is 0 Å². The Morgan fingerprint density at radius 1 is 1.04 bits per heavy atom. The van der Waals surface area contributed by atoms with Crippen molar-refractivity contribution in [2.45, 2.75) is 19.4 Å². The van der Waals surface area contributed by atoms with Crippen LogP contribution in [0.1, 0.15) is 24.1 Å². The van der Waals surface area contributed by atoms with Crippen LogP contribution in [-0.2, 0) is 6.54 Å². The second kappa shape index (κ2) is 11.0. The van der Waals surface area contributed by atoms with Crippen molar-refractivity contribution >= 4 is 41.3 Å². The minimum atomic E-state index is 0. The fourth-order valence-electron chi connectivity index (χ4n) is 2.65. The SMILES string of the molecule is CN=C(NCc1csc(-c2ccccc2)n1)NCC(C)c1ccccc1.I. The van der Waals surface area contributed by atoms with Gasteiger partial charge in [-0.3, -0.25) is 4.99 Å². The van der Waals surface area contributed by atoms with Gasteiger partial charge in [0.2, 0.25) is 0 Å². The van der Waals surface area contributed by atoms with Gasteiger partial charge in [-0.05, 0) is 11.5 Å². The molecule has 142 valence electrons. The summed E-state index contributed by atoms with van der Waals surface area (Å²) in [5.74, 6) is 1.21. The Labute approximate surface area is 182 Å². The van der Waals surface area contributed by atoms with Gasteiger partial charge in [0.25, 0.3) is 0 Å². The quantitative estimate of drug-likeness (QED) is 0.293. The maximum atomic E-state index is 4.70. The smallest absolute Gasteiger partial charge is 0.191 e. The first-order valence-electron chi connectivity index (χ1n) is 8.75. The number of thiazole rings is 1. The summed E-state index contributed by atoms with van der Waals surface area (Å²) in [6, 6.07) is 20.8. The second-order valence-electron chi connectivity index (χ2n) is 6.13. The lowest BCUT2D eigenvalue weighted by atomic mass is 10.0. The van der Waals surface area contributed by atoms with Crippen molar-refractivity contribution in [3.05, 3.63) is 77.3 Å². The average molecular weight is 492 g/mol. The maximum Gasteiger partial charge on any atom is 0.191 e. The molecule has 3 rings (SSSR count). The third-order valence-corrected chi connectivity index (χ3v) is 5.12. The highest BCUT2D eigenvalue weighted by Gasteiger charge is 2.08. The minimum Gasteiger partial charge on any atom is -0.356 e. The molecular formula is C21H25IN4S. The fourth-order valence-corrected chi connectivity index (χ4v) is 3.47. The lowest BCUT2D eigenvalue weighted by Crippen LogP contribution is -2.38. The van der Waals surface area contributed by atoms with Crippen LogP contribution in [0.4, 0.5) is 0 Å². The molecule has 1 unspecified atom stereocenters. The molecule has 0 bridgehead atoms. The Hall–Kier alpha value is -1.93. The highest BCUT2D eigenvalue weighted by molar-refractivity contribution is 14.0. The van der Waals surface area contributed by atoms with E-state index in [9.17, 15) is 0 Å². The highest BCUT2D eigenvalue weighted by atomic mass is 127. The molecule has 0 aliphatic carbocycles. The molecule has 3 aromatic rings. The number of hydrogen-bond donors (Lipinski definition) is 2. The van der Waals surface area contributed by atoms with Gasteiger partial charge in [-0.25, -0.2) is 4.98 Å². The number of aliphatic imine (C=N–C) groups is 1. The first-order valence-corrected chi connectivity index (χ1v) is 9.63. The predicted molar refractivity (Wildman–Crippen MR) is 126 cm³/mol. The molecule has 1 heterocycles. The number of nitrogens with one attached hydrogen (secondary N) is 2. The summed E-state index contributed by atoms with van der Waals surface area (Å²) < 4.78 is 0. The summed E-state index contributed by atoms with van der Waals surface area (Å²) in [6.45, 7) is 3.70. The summed E-state index contributed by atoms with van der Waals surface area (Å²) in [6.07, 6.45) is 0. The van der Waals surface area contributed by atoms with E-state index in [0.717, 1.165) is 28.8 Å². The molecule has 27 heavy (non-hydrogen) atoms. The number of rotatable bonds is 6. The van der Waals surface area contributed by atoms with Gasteiger partial charge in [-0.15, -0.1) is 35.3 Å². The normalized spacial score (nSPS) is 12.1. The summed E-state index contributed by atoms with van der Waals surface area (Å²) in [7, 11) is 1.79. The molecule has 0 aliphatic rings. The molecular weight excluding hydrogens is 467 g/mol. The van der Waals surface area contributed by atoms with E-state index in [-0.39, 0.29) is 24.0 Å². The third kappa shape index (κ3) is 6.32. The second-order valence-corrected chi connectivity index (χ2v) is 6.99. The van der Waals surface area contributed by atoms with Crippen molar-refractivity contribution in [3.63, 3.8) is 0 Å². The van der Waals surface area contributed by atoms with Crippen molar-refractivity contribution in [2.24, 2.45) is 4.99 Å². The maximum absolute atomic E-state index is 4.70. The molecule has 0 radical (unpaired) electrons. The van der Waals surface area contributed by atoms with Crippen molar-refractivity contribution in [2.75, 3.05) is 13.6 Å². The number of hydrogen-bond acceptors (Lipinski definition) is 3. The highest BCUT2D eigenvalue weighted by Crippen LogP contribution is 2.23. The lowest BCUT2D eigenvalue weighted by molar-refractivity contribution is 0.697. The summed E-state index contributed by atoms with van der Waals surface area (Å²) in [4.78, 5) is 9.01. The van der Waals surface area contributed by atoms with Crippen LogP contribution < -0.4 is 10.6 Å². The Kier molecular flexibility index (Phi) is 8.74. The van der Waals surface area contributed by atoms with E-state index < -0.39 is 0 Å². The standard InChI is InChI=1S/C21H24N4S.HI/c1-16(17-9-5-3-6-10-17)13-23-21(22-2)24-14-19-15-26-20(25-19)18-11-7-4-8-12-18;/h3-12,15-16H,13-14H2,1-2H3,(H2,22,23,24);1H. The van der Waals surface area contributed by atoms with Gasteiger partial charge in [0, 0.05) is 24.5 Å². The third-order valence-electron chi connectivity index (χ3n) is 4.18. The van der Waals surface area contributed by atoms with Crippen LogP contribution in [0.25, 0.3) is 10.6 Å². The van der Waals surface area contributed by atoms with Crippen LogP contribution in [-0.4, -0.2) is 24.5 Å². The van der Waals surface area contributed by atoms with Crippen molar-refractivity contribution < 1.29 is 0 Å². The molecule has 0 aliphatic heterocycles. The number of benzene rings is 2. The molecule has 2 N–H and O–H groups in total. The zero-order chi connectivity index (χ0) is 18.2. The fraction of sp³-hybridized carbons (Fsp3) is 0.238. The van der Waals surface area contributed by atoms with Gasteiger partial charge in [-0.1, -0.05) is 67.6 Å². The Bertz CT molecular complexity index is 834. The minimum absolute atomic E-state index is 0. The molecule has 1 aromatic heterocycles. The van der Waals surface area contributed by atoms with E-state index in [2.05, 4.69) is 64.3 Å². The predicted octanol–water partition coefficient (Wildman–Crippen LogP) is 4.90. The zero-order valence-corrected chi connectivity index (χ0v) is 18.7. The van der Waals surface area contributed by atoms with E-state index in [1.54, 1.807) is 18.4 Å². The Morgan fingerprint density at radius 3 is 2.37 bits per heavy atom. The molecule has 0 saturated carbocycles. The molecule has 1 atom stereocenters. The van der Waals surface area contributed by atoms with E-state index >= 15 is 0 Å². The first kappa shape index (κ1) is 21.4. The van der Waals surface area contributed by atoms with Crippen LogP contribution in [0.15, 0.2) is 71.0 Å². The van der Waals surface area contributed by atoms with Crippen molar-refractivity contribution in [1.29, 1.82) is 0 Å². The molecule has 0 fully saturated rings. The van der Waals surface area contributed by atoms with Gasteiger partial charge in [0.15, 0.2) is 5.96 Å². The number of aromatic nitrogens is 1. The zero-order valence-electron chi connectivity index (χ0n) is 15.6. The topological polar surface area (TPSA) is 49.3 Å². The number of guanidine groups is 1. The lowest BCUT2D eigenvalue weighted by Gasteiger charge is -2.16. The van der Waals surface area contributed by atoms with Crippen LogP contribution in [0, 0.1) is 0 Å². The average Bonchev–Trinajstić information content (AvgIpc) is 3.18. The Morgan fingerprint density at radius 2 is 1.70 bits per heavy atom. The van der Waals surface area contributed by atoms with Gasteiger partial charge in [-0.2, -0.15) is 0 Å². The Balaban J connectivity index is 0.00000261. The van der Waals surface area contributed by atoms with Crippen LogP contribution in [0.2, 0.25) is 0 Å². The van der Waals surface area contributed by atoms with Crippen molar-refractivity contribution in [3.8, 4) is 10.6 Å². The van der Waals surface area contributed by atoms with E-state index in [1.165, 1.54) is 5.56 Å². The van der Waals surface area contributed by atoms with Crippen LogP contribution in [0.3, 0.4) is 0 Å².